The van der Waals surface area contributed by atoms with E-state index in [0.717, 1.165) is 12.8 Å². The predicted molar refractivity (Wildman–Crippen MR) is 61.1 cm³/mol. The van der Waals surface area contributed by atoms with E-state index in [2.05, 4.69) is 21.9 Å². The quantitative estimate of drug-likeness (QED) is 0.783. The molecule has 86 valence electrons. The lowest BCUT2D eigenvalue weighted by atomic mass is 10.4. The summed E-state index contributed by atoms with van der Waals surface area (Å²) in [4.78, 5) is 12.4. The molecule has 6 heteroatoms. The van der Waals surface area contributed by atoms with Gasteiger partial charge in [-0.05, 0) is 6.42 Å². The van der Waals surface area contributed by atoms with Crippen LogP contribution < -0.4 is 10.5 Å². The van der Waals surface area contributed by atoms with Gasteiger partial charge in [0.15, 0.2) is 11.2 Å². The Morgan fingerprint density at radius 3 is 3.00 bits per heavy atom. The molecule has 0 aliphatic carbocycles. The molecule has 0 aliphatic rings. The summed E-state index contributed by atoms with van der Waals surface area (Å²) in [6, 6.07) is 0. The van der Waals surface area contributed by atoms with Crippen LogP contribution in [-0.2, 0) is 7.05 Å². The second-order valence-electron chi connectivity index (χ2n) is 3.62. The minimum absolute atomic E-state index is 0.211. The van der Waals surface area contributed by atoms with Crippen LogP contribution in [0.25, 0.3) is 11.2 Å². The molecular weight excluding hydrogens is 206 g/mol. The lowest BCUT2D eigenvalue weighted by Gasteiger charge is -2.05. The fourth-order valence-corrected chi connectivity index (χ4v) is 1.41. The van der Waals surface area contributed by atoms with Gasteiger partial charge in [0.05, 0.1) is 12.9 Å². The molecule has 0 unspecified atom stereocenters. The van der Waals surface area contributed by atoms with Gasteiger partial charge in [-0.15, -0.1) is 0 Å². The van der Waals surface area contributed by atoms with Crippen molar-refractivity contribution >= 4 is 17.1 Å². The van der Waals surface area contributed by atoms with Crippen LogP contribution in [0.4, 0.5) is 5.95 Å². The normalized spacial score (nSPS) is 10.9. The second kappa shape index (κ2) is 4.34. The molecule has 0 spiro atoms. The van der Waals surface area contributed by atoms with Crippen molar-refractivity contribution in [1.82, 2.24) is 19.5 Å². The maximum atomic E-state index is 5.61. The molecule has 2 N–H and O–H groups in total. The average molecular weight is 221 g/mol. The Hall–Kier alpha value is -1.85. The number of unbranched alkanes of at least 4 members (excludes halogenated alkanes) is 1. The topological polar surface area (TPSA) is 78.8 Å². The number of fused-ring (bicyclic) bond motifs is 1. The van der Waals surface area contributed by atoms with Gasteiger partial charge in [-0.2, -0.15) is 9.97 Å². The number of hydrogen-bond acceptors (Lipinski definition) is 5. The molecule has 0 radical (unpaired) electrons. The lowest BCUT2D eigenvalue weighted by Crippen LogP contribution is -2.04. The van der Waals surface area contributed by atoms with E-state index in [-0.39, 0.29) is 5.95 Å². The number of aryl methyl sites for hydroxylation is 1. The summed E-state index contributed by atoms with van der Waals surface area (Å²) < 4.78 is 7.34. The Morgan fingerprint density at radius 2 is 2.25 bits per heavy atom. The molecule has 0 aliphatic heterocycles. The molecule has 2 aromatic heterocycles. The van der Waals surface area contributed by atoms with Crippen molar-refractivity contribution in [2.45, 2.75) is 19.8 Å². The van der Waals surface area contributed by atoms with E-state index in [0.29, 0.717) is 23.7 Å². The fraction of sp³-hybridized carbons (Fsp3) is 0.500. The van der Waals surface area contributed by atoms with E-state index in [1.807, 2.05) is 7.05 Å². The second-order valence-corrected chi connectivity index (χ2v) is 3.62. The smallest absolute Gasteiger partial charge is 0.247 e. The van der Waals surface area contributed by atoms with Gasteiger partial charge in [0.25, 0.3) is 0 Å². The largest absolute Gasteiger partial charge is 0.476 e. The van der Waals surface area contributed by atoms with Crippen LogP contribution in [0.15, 0.2) is 6.33 Å². The van der Waals surface area contributed by atoms with E-state index in [9.17, 15) is 0 Å². The molecule has 0 saturated carbocycles. The van der Waals surface area contributed by atoms with Gasteiger partial charge in [0, 0.05) is 7.05 Å². The van der Waals surface area contributed by atoms with E-state index in [1.54, 1.807) is 10.9 Å². The molecule has 0 saturated heterocycles. The van der Waals surface area contributed by atoms with Gasteiger partial charge in [-0.25, -0.2) is 4.98 Å². The molecule has 0 amide bonds. The highest BCUT2D eigenvalue weighted by molar-refractivity contribution is 5.77. The summed E-state index contributed by atoms with van der Waals surface area (Å²) >= 11 is 0. The number of imidazole rings is 1. The first kappa shape index (κ1) is 10.7. The summed E-state index contributed by atoms with van der Waals surface area (Å²) in [5.74, 6) is 0.680. The van der Waals surface area contributed by atoms with Crippen molar-refractivity contribution in [2.75, 3.05) is 12.3 Å². The monoisotopic (exact) mass is 221 g/mol. The number of anilines is 1. The van der Waals surface area contributed by atoms with Crippen LogP contribution in [0.3, 0.4) is 0 Å². The van der Waals surface area contributed by atoms with Crippen LogP contribution in [0.1, 0.15) is 19.8 Å². The third-order valence-corrected chi connectivity index (χ3v) is 2.28. The molecular formula is C10H15N5O. The molecule has 6 nitrogen and oxygen atoms in total. The zero-order chi connectivity index (χ0) is 11.5. The minimum atomic E-state index is 0.211. The van der Waals surface area contributed by atoms with Crippen molar-refractivity contribution in [3.63, 3.8) is 0 Å². The zero-order valence-electron chi connectivity index (χ0n) is 9.47. The van der Waals surface area contributed by atoms with E-state index in [4.69, 9.17) is 10.5 Å². The van der Waals surface area contributed by atoms with Gasteiger partial charge in [0.1, 0.15) is 0 Å². The van der Waals surface area contributed by atoms with Crippen molar-refractivity contribution in [3.8, 4) is 5.88 Å². The Bertz CT molecular complexity index is 493. The standard InChI is InChI=1S/C10H15N5O/c1-3-4-5-16-9-7-8(13-10(11)14-9)15(2)6-12-7/h6H,3-5H2,1-2H3,(H2,11,13,14). The number of aromatic nitrogens is 4. The molecule has 0 aromatic carbocycles. The van der Waals surface area contributed by atoms with Gasteiger partial charge in [-0.3, -0.25) is 0 Å². The highest BCUT2D eigenvalue weighted by Crippen LogP contribution is 2.21. The van der Waals surface area contributed by atoms with Crippen LogP contribution in [0.5, 0.6) is 5.88 Å². The first-order valence-electron chi connectivity index (χ1n) is 5.29. The number of rotatable bonds is 4. The highest BCUT2D eigenvalue weighted by Gasteiger charge is 2.11. The average Bonchev–Trinajstić information content (AvgIpc) is 2.61. The maximum Gasteiger partial charge on any atom is 0.247 e. The van der Waals surface area contributed by atoms with Crippen LogP contribution in [0.2, 0.25) is 0 Å². The highest BCUT2D eigenvalue weighted by atomic mass is 16.5. The zero-order valence-corrected chi connectivity index (χ0v) is 9.47. The van der Waals surface area contributed by atoms with Crippen molar-refractivity contribution < 1.29 is 4.74 Å². The molecule has 0 bridgehead atoms. The van der Waals surface area contributed by atoms with Crippen LogP contribution in [0, 0.1) is 0 Å². The first-order chi connectivity index (χ1) is 7.72. The Balaban J connectivity index is 2.35. The fourth-order valence-electron chi connectivity index (χ4n) is 1.41. The minimum Gasteiger partial charge on any atom is -0.476 e. The van der Waals surface area contributed by atoms with Gasteiger partial charge >= 0.3 is 0 Å². The van der Waals surface area contributed by atoms with Crippen LogP contribution >= 0.6 is 0 Å². The molecule has 16 heavy (non-hydrogen) atoms. The predicted octanol–water partition coefficient (Wildman–Crippen LogP) is 1.12. The van der Waals surface area contributed by atoms with E-state index in [1.165, 1.54) is 0 Å². The number of hydrogen-bond donors (Lipinski definition) is 1. The third kappa shape index (κ3) is 1.91. The molecule has 0 atom stereocenters. The first-order valence-corrected chi connectivity index (χ1v) is 5.29. The lowest BCUT2D eigenvalue weighted by molar-refractivity contribution is 0.301. The van der Waals surface area contributed by atoms with Crippen molar-refractivity contribution in [2.24, 2.45) is 7.05 Å². The van der Waals surface area contributed by atoms with E-state index < -0.39 is 0 Å². The SMILES string of the molecule is CCCCOc1nc(N)nc2c1ncn2C. The third-order valence-electron chi connectivity index (χ3n) is 2.28. The summed E-state index contributed by atoms with van der Waals surface area (Å²) in [6.07, 6.45) is 3.73. The molecule has 2 heterocycles. The van der Waals surface area contributed by atoms with Gasteiger partial charge in [-0.1, -0.05) is 13.3 Å². The Kier molecular flexibility index (Phi) is 2.89. The number of ether oxygens (including phenoxy) is 1. The molecule has 0 fully saturated rings. The molecule has 2 rings (SSSR count). The Morgan fingerprint density at radius 1 is 1.44 bits per heavy atom. The van der Waals surface area contributed by atoms with Crippen molar-refractivity contribution in [1.29, 1.82) is 0 Å². The maximum absolute atomic E-state index is 5.61. The summed E-state index contributed by atoms with van der Waals surface area (Å²) in [5, 5.41) is 0. The Labute approximate surface area is 93.5 Å². The number of nitrogens with zero attached hydrogens (tertiary/aromatic N) is 4. The van der Waals surface area contributed by atoms with Crippen LogP contribution in [-0.4, -0.2) is 26.1 Å². The summed E-state index contributed by atoms with van der Waals surface area (Å²) in [5.41, 5.74) is 6.97. The number of nitrogen functional groups attached to an aromatic ring is 1. The van der Waals surface area contributed by atoms with Gasteiger partial charge in [0.2, 0.25) is 11.8 Å². The number of nitrogens with two attached hydrogens (primary N) is 1. The van der Waals surface area contributed by atoms with E-state index >= 15 is 0 Å². The van der Waals surface area contributed by atoms with Gasteiger partial charge < -0.3 is 15.0 Å². The summed E-state index contributed by atoms with van der Waals surface area (Å²) in [7, 11) is 1.86. The molecule has 2 aromatic rings. The van der Waals surface area contributed by atoms with Crippen molar-refractivity contribution in [3.05, 3.63) is 6.33 Å². The summed E-state index contributed by atoms with van der Waals surface area (Å²) in [6.45, 7) is 2.73.